The van der Waals surface area contributed by atoms with E-state index in [0.717, 1.165) is 10.4 Å². The molecule has 0 spiro atoms. The minimum absolute atomic E-state index is 0.0667. The maximum absolute atomic E-state index is 14.4. The standard InChI is InChI=1S/C30H32FNO3Si.C16H19ClSi.C14H14FNO3/c1-30(2,3)36(24-11-7-5-8-12-24,25-13-9-6-10-14-25)35-21-29(33)28-18-15-22(20-32-28)26-19-23(34-4)16-17-27(26)31;1-16(2,3)18(17,14-10-6-4-7-11-14)15-12-8-5-9-13-15;1-19-10-3-4-12(15)11(6-10)9-2-5-13(16-7-9)14(18)8-17/h5-20,29,33H,21H2,1-4H3;4-13H,1-3H3;2-7,14,17-18H,8H2,1H3. The van der Waals surface area contributed by atoms with Gasteiger partial charge in [-0.25, -0.2) is 8.78 Å². The van der Waals surface area contributed by atoms with Crippen LogP contribution in [0.2, 0.25) is 10.1 Å². The molecule has 0 aliphatic carbocycles. The summed E-state index contributed by atoms with van der Waals surface area (Å²) in [6.07, 6.45) is 1.06. The van der Waals surface area contributed by atoms with E-state index in [1.807, 2.05) is 48.5 Å². The molecule has 2 heterocycles. The zero-order chi connectivity index (χ0) is 52.8. The fourth-order valence-electron chi connectivity index (χ4n) is 8.74. The SMILES string of the molecule is CC(C)(C)[Si](Cl)(c1ccccc1)c1ccccc1.COc1ccc(F)c(-c2ccc(C(O)CO)nc2)c1.COc1ccc(F)c(-c2ccc(C(O)CO[Si](c3ccccc3)(c3ccccc3)C(C)(C)C)nc2)c1. The lowest BCUT2D eigenvalue weighted by atomic mass is 10.1. The Labute approximate surface area is 435 Å². The highest BCUT2D eigenvalue weighted by atomic mass is 35.6. The van der Waals surface area contributed by atoms with Gasteiger partial charge in [0.2, 0.25) is 7.38 Å². The number of hydrogen-bond donors (Lipinski definition) is 3. The number of methoxy groups -OCH3 is 2. The lowest BCUT2D eigenvalue weighted by molar-refractivity contribution is 0.0923. The first-order valence-corrected chi connectivity index (χ1v) is 28.9. The maximum Gasteiger partial charge on any atom is 0.261 e. The number of halogens is 3. The van der Waals surface area contributed by atoms with Gasteiger partial charge >= 0.3 is 0 Å². The van der Waals surface area contributed by atoms with E-state index in [2.05, 4.69) is 124 Å². The van der Waals surface area contributed by atoms with Crippen LogP contribution in [0.4, 0.5) is 8.78 Å². The van der Waals surface area contributed by atoms with Crippen LogP contribution in [-0.4, -0.2) is 68.4 Å². The lowest BCUT2D eigenvalue weighted by Gasteiger charge is -2.43. The summed E-state index contributed by atoms with van der Waals surface area (Å²) in [6, 6.07) is 57.3. The molecule has 0 aliphatic rings. The Hall–Kier alpha value is -6.36. The molecular formula is C60H65ClF2N2O6Si2. The zero-order valence-electron chi connectivity index (χ0n) is 42.6. The van der Waals surface area contributed by atoms with E-state index in [1.165, 1.54) is 41.9 Å². The van der Waals surface area contributed by atoms with Crippen molar-refractivity contribution in [1.29, 1.82) is 0 Å². The van der Waals surface area contributed by atoms with E-state index in [9.17, 15) is 19.0 Å². The average Bonchev–Trinajstić information content (AvgIpc) is 3.41. The molecule has 0 fully saturated rings. The molecule has 380 valence electrons. The number of aliphatic hydroxyl groups is 3. The van der Waals surface area contributed by atoms with Crippen LogP contribution in [0.5, 0.6) is 11.5 Å². The number of aliphatic hydroxyl groups excluding tert-OH is 3. The van der Waals surface area contributed by atoms with Crippen LogP contribution < -0.4 is 30.2 Å². The Kier molecular flexibility index (Phi) is 19.2. The van der Waals surface area contributed by atoms with Crippen molar-refractivity contribution >= 4 is 47.5 Å². The first-order valence-electron chi connectivity index (χ1n) is 24.0. The number of pyridine rings is 2. The summed E-state index contributed by atoms with van der Waals surface area (Å²) in [6.45, 7) is 13.0. The van der Waals surface area contributed by atoms with Gasteiger partial charge in [-0.05, 0) is 79.4 Å². The van der Waals surface area contributed by atoms with Crippen molar-refractivity contribution in [3.63, 3.8) is 0 Å². The number of benzene rings is 6. The second-order valence-corrected chi connectivity index (χ2v) is 29.4. The highest BCUT2D eigenvalue weighted by Crippen LogP contribution is 2.39. The molecule has 8 nitrogen and oxygen atoms in total. The average molecular weight is 1040 g/mol. The smallest absolute Gasteiger partial charge is 0.261 e. The second kappa shape index (κ2) is 25.1. The molecule has 13 heteroatoms. The molecule has 2 unspecified atom stereocenters. The first-order chi connectivity index (χ1) is 34.9. The Morgan fingerprint density at radius 1 is 0.507 bits per heavy atom. The monoisotopic (exact) mass is 1040 g/mol. The number of rotatable bonds is 14. The molecule has 73 heavy (non-hydrogen) atoms. The van der Waals surface area contributed by atoms with Gasteiger partial charge in [0.25, 0.3) is 8.32 Å². The first kappa shape index (κ1) is 55.9. The normalized spacial score (nSPS) is 12.6. The molecule has 0 saturated heterocycles. The third-order valence-electron chi connectivity index (χ3n) is 12.6. The molecule has 2 aromatic heterocycles. The summed E-state index contributed by atoms with van der Waals surface area (Å²) in [5.74, 6) is 0.379. The Morgan fingerprint density at radius 2 is 0.877 bits per heavy atom. The molecule has 0 amide bonds. The van der Waals surface area contributed by atoms with Crippen molar-refractivity contribution < 1.29 is 38.0 Å². The van der Waals surface area contributed by atoms with Gasteiger partial charge in [0.15, 0.2) is 0 Å². The molecule has 8 rings (SSSR count). The minimum atomic E-state index is -2.78. The molecular weight excluding hydrogens is 974 g/mol. The molecule has 0 radical (unpaired) electrons. The van der Waals surface area contributed by atoms with Crippen molar-refractivity contribution in [2.45, 2.75) is 63.8 Å². The number of aromatic nitrogens is 2. The van der Waals surface area contributed by atoms with Crippen LogP contribution >= 0.6 is 11.1 Å². The summed E-state index contributed by atoms with van der Waals surface area (Å²) in [7, 11) is -1.96. The molecule has 0 saturated carbocycles. The van der Waals surface area contributed by atoms with Crippen LogP contribution in [0.3, 0.4) is 0 Å². The summed E-state index contributed by atoms with van der Waals surface area (Å²) < 4.78 is 45.2. The fourth-order valence-corrected chi connectivity index (χ4v) is 17.4. The Balaban J connectivity index is 0.000000197. The quantitative estimate of drug-likeness (QED) is 0.0729. The predicted octanol–water partition coefficient (Wildman–Crippen LogP) is 11.2. The van der Waals surface area contributed by atoms with Gasteiger partial charge in [-0.3, -0.25) is 9.97 Å². The Morgan fingerprint density at radius 3 is 1.19 bits per heavy atom. The van der Waals surface area contributed by atoms with Crippen LogP contribution in [0, 0.1) is 11.6 Å². The highest BCUT2D eigenvalue weighted by Gasteiger charge is 2.50. The lowest BCUT2D eigenvalue weighted by Crippen LogP contribution is -2.66. The molecule has 8 aromatic rings. The summed E-state index contributed by atoms with van der Waals surface area (Å²) in [5, 5.41) is 34.1. The molecule has 0 bridgehead atoms. The third-order valence-corrected chi connectivity index (χ3v) is 25.0. The van der Waals surface area contributed by atoms with Crippen molar-refractivity contribution in [3.8, 4) is 33.8 Å². The van der Waals surface area contributed by atoms with E-state index in [1.54, 1.807) is 55.8 Å². The fraction of sp³-hybridized carbons (Fsp3) is 0.233. The summed E-state index contributed by atoms with van der Waals surface area (Å²) in [5.41, 5.74) is 2.76. The molecule has 2 atom stereocenters. The predicted molar refractivity (Wildman–Crippen MR) is 296 cm³/mol. The zero-order valence-corrected chi connectivity index (χ0v) is 45.4. The van der Waals surface area contributed by atoms with Gasteiger partial charge in [-0.15, -0.1) is 0 Å². The van der Waals surface area contributed by atoms with Gasteiger partial charge in [0, 0.05) is 34.6 Å². The van der Waals surface area contributed by atoms with Gasteiger partial charge < -0.3 is 29.2 Å². The molecule has 3 N–H and O–H groups in total. The van der Waals surface area contributed by atoms with Crippen molar-refractivity contribution in [2.24, 2.45) is 0 Å². The van der Waals surface area contributed by atoms with E-state index < -0.39 is 34.5 Å². The van der Waals surface area contributed by atoms with Gasteiger partial charge in [-0.1, -0.05) is 175 Å². The highest BCUT2D eigenvalue weighted by molar-refractivity contribution is 7.35. The van der Waals surface area contributed by atoms with E-state index >= 15 is 0 Å². The van der Waals surface area contributed by atoms with Crippen LogP contribution in [0.1, 0.15) is 65.1 Å². The minimum Gasteiger partial charge on any atom is -0.497 e. The van der Waals surface area contributed by atoms with E-state index in [0.29, 0.717) is 45.1 Å². The largest absolute Gasteiger partial charge is 0.497 e. The van der Waals surface area contributed by atoms with Gasteiger partial charge in [0.05, 0.1) is 38.8 Å². The van der Waals surface area contributed by atoms with Crippen LogP contribution in [-0.2, 0) is 4.43 Å². The summed E-state index contributed by atoms with van der Waals surface area (Å²) in [4.78, 5) is 8.44. The van der Waals surface area contributed by atoms with Crippen molar-refractivity contribution in [1.82, 2.24) is 9.97 Å². The van der Waals surface area contributed by atoms with Gasteiger partial charge in [-0.2, -0.15) is 11.1 Å². The molecule has 0 aliphatic heterocycles. The van der Waals surface area contributed by atoms with E-state index in [4.69, 9.17) is 30.1 Å². The summed E-state index contributed by atoms with van der Waals surface area (Å²) >= 11 is 7.21. The number of hydrogen-bond acceptors (Lipinski definition) is 8. The Bertz CT molecular complexity index is 2870. The van der Waals surface area contributed by atoms with Crippen molar-refractivity contribution in [3.05, 3.63) is 217 Å². The van der Waals surface area contributed by atoms with Crippen LogP contribution in [0.25, 0.3) is 22.3 Å². The third kappa shape index (κ3) is 13.3. The second-order valence-electron chi connectivity index (χ2n) is 19.5. The molecule has 6 aromatic carbocycles. The van der Waals surface area contributed by atoms with Crippen molar-refractivity contribution in [2.75, 3.05) is 27.4 Å². The number of ether oxygens (including phenoxy) is 2. The van der Waals surface area contributed by atoms with Crippen LogP contribution in [0.15, 0.2) is 194 Å². The number of nitrogens with zero attached hydrogens (tertiary/aromatic N) is 2. The van der Waals surface area contributed by atoms with E-state index in [-0.39, 0.29) is 28.3 Å². The maximum atomic E-state index is 14.4. The topological polar surface area (TPSA) is 114 Å². The van der Waals surface area contributed by atoms with Gasteiger partial charge in [0.1, 0.15) is 35.3 Å².